The number of likely N-dealkylation sites (tertiary alicyclic amines) is 1. The number of β-lactam (4-membered cyclic amide) rings is 1. The molecule has 2 heterocycles. The number of carbonyl (C=O) groups excluding carboxylic acids is 2. The number of urea groups is 1. The summed E-state index contributed by atoms with van der Waals surface area (Å²) in [6.45, 7) is 1.98. The third kappa shape index (κ3) is 3.81. The van der Waals surface area contributed by atoms with Crippen molar-refractivity contribution in [3.05, 3.63) is 23.9 Å². The predicted molar refractivity (Wildman–Crippen MR) is 103 cm³/mol. The second kappa shape index (κ2) is 8.16. The van der Waals surface area contributed by atoms with Crippen molar-refractivity contribution in [2.45, 2.75) is 57.5 Å². The summed E-state index contributed by atoms with van der Waals surface area (Å²) >= 11 is 0. The molecule has 3 atom stereocenters. The molecule has 0 bridgehead atoms. The highest BCUT2D eigenvalue weighted by Gasteiger charge is 2.55. The minimum Gasteiger partial charge on any atom is -0.480 e. The van der Waals surface area contributed by atoms with E-state index in [1.165, 1.54) is 17.5 Å². The van der Waals surface area contributed by atoms with Crippen LogP contribution in [0.4, 0.5) is 10.6 Å². The van der Waals surface area contributed by atoms with E-state index in [4.69, 9.17) is 5.73 Å². The summed E-state index contributed by atoms with van der Waals surface area (Å²) in [5.74, 6) is -1.70. The number of aromatic nitrogens is 1. The molecule has 3 unspecified atom stereocenters. The van der Waals surface area contributed by atoms with Crippen molar-refractivity contribution in [1.82, 2.24) is 14.8 Å². The van der Waals surface area contributed by atoms with Gasteiger partial charge in [-0.15, -0.1) is 0 Å². The van der Waals surface area contributed by atoms with Crippen molar-refractivity contribution in [3.8, 4) is 0 Å². The molecule has 1 saturated heterocycles. The molecule has 1 saturated carbocycles. The summed E-state index contributed by atoms with van der Waals surface area (Å²) in [4.78, 5) is 43.7. The van der Waals surface area contributed by atoms with Gasteiger partial charge in [-0.05, 0) is 49.8 Å². The molecule has 0 aromatic carbocycles. The molecule has 152 valence electrons. The minimum atomic E-state index is -1.17. The minimum absolute atomic E-state index is 0.0332. The molecule has 3 N–H and O–H groups in total. The topological polar surface area (TPSA) is 117 Å². The van der Waals surface area contributed by atoms with Crippen molar-refractivity contribution in [2.24, 2.45) is 11.8 Å². The molecule has 8 heteroatoms. The van der Waals surface area contributed by atoms with Gasteiger partial charge >= 0.3 is 12.0 Å². The lowest BCUT2D eigenvalue weighted by Crippen LogP contribution is -2.69. The number of rotatable bonds is 5. The number of carboxylic acids is 1. The van der Waals surface area contributed by atoms with E-state index in [0.717, 1.165) is 36.1 Å². The molecular weight excluding hydrogens is 360 g/mol. The molecule has 1 aliphatic carbocycles. The fraction of sp³-hybridized carbons (Fsp3) is 0.600. The highest BCUT2D eigenvalue weighted by atomic mass is 16.4. The standard InChI is InChI=1S/C20H28N4O4/c1-12(14-6-4-3-5-7-14)23(2)20(28)24-17(19(26)27)15(18(24)25)10-13-8-9-22-16(21)11-13/h8-9,11-12,14-15,17H,3-7,10H2,1-2H3,(H2,21,22)(H,26,27). The Labute approximate surface area is 164 Å². The van der Waals surface area contributed by atoms with Crippen molar-refractivity contribution in [1.29, 1.82) is 0 Å². The van der Waals surface area contributed by atoms with Gasteiger partial charge in [0.2, 0.25) is 5.91 Å². The van der Waals surface area contributed by atoms with Gasteiger partial charge in [-0.25, -0.2) is 19.5 Å². The Hall–Kier alpha value is -2.64. The van der Waals surface area contributed by atoms with E-state index >= 15 is 0 Å². The molecule has 2 fully saturated rings. The van der Waals surface area contributed by atoms with E-state index < -0.39 is 29.9 Å². The van der Waals surface area contributed by atoms with Gasteiger partial charge in [0.05, 0.1) is 5.92 Å². The second-order valence-corrected chi connectivity index (χ2v) is 7.92. The van der Waals surface area contributed by atoms with Crippen molar-refractivity contribution in [3.63, 3.8) is 0 Å². The summed E-state index contributed by atoms with van der Waals surface area (Å²) < 4.78 is 0. The number of hydrogen-bond donors (Lipinski definition) is 2. The zero-order chi connectivity index (χ0) is 20.4. The van der Waals surface area contributed by atoms with Crippen LogP contribution in [-0.4, -0.2) is 56.9 Å². The summed E-state index contributed by atoms with van der Waals surface area (Å²) in [6, 6.07) is 1.60. The predicted octanol–water partition coefficient (Wildman–Crippen LogP) is 2.14. The Bertz CT molecular complexity index is 762. The Morgan fingerprint density at radius 3 is 2.64 bits per heavy atom. The number of imide groups is 1. The molecule has 28 heavy (non-hydrogen) atoms. The van der Waals surface area contributed by atoms with E-state index in [1.807, 2.05) is 6.92 Å². The maximum absolute atomic E-state index is 12.9. The lowest BCUT2D eigenvalue weighted by molar-refractivity contribution is -0.166. The first-order valence-corrected chi connectivity index (χ1v) is 9.84. The Balaban J connectivity index is 1.71. The number of carbonyl (C=O) groups is 3. The summed E-state index contributed by atoms with van der Waals surface area (Å²) in [5.41, 5.74) is 6.39. The molecule has 3 amide bonds. The number of amides is 3. The Morgan fingerprint density at radius 1 is 1.36 bits per heavy atom. The largest absolute Gasteiger partial charge is 0.480 e. The third-order valence-corrected chi connectivity index (χ3v) is 6.22. The molecule has 2 aliphatic rings. The van der Waals surface area contributed by atoms with Gasteiger partial charge in [0.1, 0.15) is 5.82 Å². The van der Waals surface area contributed by atoms with Crippen LogP contribution >= 0.6 is 0 Å². The van der Waals surface area contributed by atoms with Gasteiger partial charge < -0.3 is 15.7 Å². The molecule has 1 aromatic rings. The van der Waals surface area contributed by atoms with Gasteiger partial charge in [0.25, 0.3) is 0 Å². The first-order valence-electron chi connectivity index (χ1n) is 9.84. The molecule has 1 aliphatic heterocycles. The van der Waals surface area contributed by atoms with Crippen molar-refractivity contribution in [2.75, 3.05) is 12.8 Å². The highest BCUT2D eigenvalue weighted by molar-refractivity contribution is 6.07. The number of aliphatic carboxylic acids is 1. The molecule has 1 aromatic heterocycles. The highest BCUT2D eigenvalue weighted by Crippen LogP contribution is 2.34. The van der Waals surface area contributed by atoms with E-state index in [1.54, 1.807) is 19.2 Å². The van der Waals surface area contributed by atoms with Crippen LogP contribution < -0.4 is 5.73 Å². The van der Waals surface area contributed by atoms with Crippen LogP contribution in [0.15, 0.2) is 18.3 Å². The zero-order valence-corrected chi connectivity index (χ0v) is 16.4. The number of nitrogens with zero attached hydrogens (tertiary/aromatic N) is 3. The number of anilines is 1. The van der Waals surface area contributed by atoms with Crippen LogP contribution in [0, 0.1) is 11.8 Å². The van der Waals surface area contributed by atoms with Gasteiger partial charge in [0.15, 0.2) is 6.04 Å². The number of nitrogens with two attached hydrogens (primary N) is 1. The Kier molecular flexibility index (Phi) is 5.86. The quantitative estimate of drug-likeness (QED) is 0.747. The number of pyridine rings is 1. The van der Waals surface area contributed by atoms with Gasteiger partial charge in [0, 0.05) is 19.3 Å². The average Bonchev–Trinajstić information content (AvgIpc) is 2.68. The number of nitrogen functional groups attached to an aromatic ring is 1. The first kappa shape index (κ1) is 20.1. The molecule has 8 nitrogen and oxygen atoms in total. The van der Waals surface area contributed by atoms with Crippen LogP contribution in [-0.2, 0) is 16.0 Å². The fourth-order valence-corrected chi connectivity index (χ4v) is 4.40. The average molecular weight is 388 g/mol. The molecule has 0 spiro atoms. The normalized spacial score (nSPS) is 23.8. The van der Waals surface area contributed by atoms with Crippen LogP contribution in [0.1, 0.15) is 44.6 Å². The SMILES string of the molecule is CC(C1CCCCC1)N(C)C(=O)N1C(=O)C(Cc2ccnc(N)c2)C1C(=O)O. The van der Waals surface area contributed by atoms with Crippen LogP contribution in [0.25, 0.3) is 0 Å². The lowest BCUT2D eigenvalue weighted by atomic mass is 9.82. The number of carboxylic acid groups (broad SMARTS) is 1. The van der Waals surface area contributed by atoms with Gasteiger partial charge in [-0.1, -0.05) is 19.3 Å². The smallest absolute Gasteiger partial charge is 0.327 e. The molecule has 3 rings (SSSR count). The van der Waals surface area contributed by atoms with E-state index in [2.05, 4.69) is 4.98 Å². The van der Waals surface area contributed by atoms with Crippen LogP contribution in [0.5, 0.6) is 0 Å². The van der Waals surface area contributed by atoms with Crippen LogP contribution in [0.3, 0.4) is 0 Å². The van der Waals surface area contributed by atoms with E-state index in [0.29, 0.717) is 11.7 Å². The third-order valence-electron chi connectivity index (χ3n) is 6.22. The lowest BCUT2D eigenvalue weighted by Gasteiger charge is -2.46. The molecule has 0 radical (unpaired) electrons. The van der Waals surface area contributed by atoms with Crippen molar-refractivity contribution >= 4 is 23.7 Å². The van der Waals surface area contributed by atoms with E-state index in [9.17, 15) is 19.5 Å². The van der Waals surface area contributed by atoms with Crippen LogP contribution in [0.2, 0.25) is 0 Å². The van der Waals surface area contributed by atoms with Crippen molar-refractivity contribution < 1.29 is 19.5 Å². The Morgan fingerprint density at radius 2 is 2.04 bits per heavy atom. The summed E-state index contributed by atoms with van der Waals surface area (Å²) in [7, 11) is 1.66. The maximum Gasteiger partial charge on any atom is 0.327 e. The first-order chi connectivity index (χ1) is 13.3. The zero-order valence-electron chi connectivity index (χ0n) is 16.4. The van der Waals surface area contributed by atoms with E-state index in [-0.39, 0.29) is 12.5 Å². The maximum atomic E-state index is 12.9. The monoisotopic (exact) mass is 388 g/mol. The van der Waals surface area contributed by atoms with Gasteiger partial charge in [-0.3, -0.25) is 4.79 Å². The molecular formula is C20H28N4O4. The summed E-state index contributed by atoms with van der Waals surface area (Å²) in [6.07, 6.45) is 7.36. The number of hydrogen-bond acceptors (Lipinski definition) is 5. The second-order valence-electron chi connectivity index (χ2n) is 7.92. The van der Waals surface area contributed by atoms with Gasteiger partial charge in [-0.2, -0.15) is 0 Å². The fourth-order valence-electron chi connectivity index (χ4n) is 4.40. The summed E-state index contributed by atoms with van der Waals surface area (Å²) in [5, 5.41) is 9.64.